The number of halogens is 2. The summed E-state index contributed by atoms with van der Waals surface area (Å²) in [4.78, 5) is 4.52. The normalized spacial score (nSPS) is 18.6. The third kappa shape index (κ3) is 4.06. The number of methoxy groups -OCH3 is 1. The lowest BCUT2D eigenvalue weighted by Gasteiger charge is -2.42. The minimum Gasteiger partial charge on any atom is -0.383 e. The first-order chi connectivity index (χ1) is 10.5. The van der Waals surface area contributed by atoms with Gasteiger partial charge in [0.25, 0.3) is 0 Å². The summed E-state index contributed by atoms with van der Waals surface area (Å²) < 4.78 is 5.08. The lowest BCUT2D eigenvalue weighted by Crippen LogP contribution is -2.43. The fourth-order valence-corrected chi connectivity index (χ4v) is 3.47. The predicted molar refractivity (Wildman–Crippen MR) is 93.0 cm³/mol. The molecule has 3 N–H and O–H groups in total. The molecule has 1 fully saturated rings. The Morgan fingerprint density at radius 2 is 2.18 bits per heavy atom. The lowest BCUT2D eigenvalue weighted by atomic mass is 9.64. The smallest absolute Gasteiger partial charge is 0.188 e. The number of ether oxygens (including phenoxy) is 1. The zero-order valence-corrected chi connectivity index (χ0v) is 14.5. The van der Waals surface area contributed by atoms with Gasteiger partial charge in [0.1, 0.15) is 0 Å². The van der Waals surface area contributed by atoms with Gasteiger partial charge in [-0.3, -0.25) is 4.99 Å². The SMILES string of the molecule is COCC(C)NC(N)=NCC1(c2ccc(Cl)cc2Cl)CCC1. The largest absolute Gasteiger partial charge is 0.383 e. The minimum atomic E-state index is -0.0154. The van der Waals surface area contributed by atoms with Crippen LogP contribution in [0.4, 0.5) is 0 Å². The van der Waals surface area contributed by atoms with Gasteiger partial charge < -0.3 is 15.8 Å². The summed E-state index contributed by atoms with van der Waals surface area (Å²) in [6, 6.07) is 5.82. The second-order valence-electron chi connectivity index (χ2n) is 5.96. The Labute approximate surface area is 142 Å². The first kappa shape index (κ1) is 17.4. The highest BCUT2D eigenvalue weighted by Crippen LogP contribution is 2.46. The molecule has 0 aliphatic heterocycles. The summed E-state index contributed by atoms with van der Waals surface area (Å²) in [7, 11) is 1.66. The van der Waals surface area contributed by atoms with Crippen LogP contribution < -0.4 is 11.1 Å². The van der Waals surface area contributed by atoms with Gasteiger partial charge in [-0.05, 0) is 37.5 Å². The van der Waals surface area contributed by atoms with Crippen LogP contribution in [-0.2, 0) is 10.2 Å². The van der Waals surface area contributed by atoms with Gasteiger partial charge in [0.05, 0.1) is 13.2 Å². The number of nitrogens with one attached hydrogen (secondary N) is 1. The first-order valence-electron chi connectivity index (χ1n) is 7.48. The van der Waals surface area contributed by atoms with Crippen molar-refractivity contribution in [1.29, 1.82) is 0 Å². The van der Waals surface area contributed by atoms with E-state index in [4.69, 9.17) is 33.7 Å². The Balaban J connectivity index is 2.08. The molecule has 0 spiro atoms. The Bertz CT molecular complexity index is 544. The van der Waals surface area contributed by atoms with E-state index in [-0.39, 0.29) is 11.5 Å². The quantitative estimate of drug-likeness (QED) is 0.615. The van der Waals surface area contributed by atoms with Crippen LogP contribution in [0.1, 0.15) is 31.7 Å². The standard InChI is InChI=1S/C16H23Cl2N3O/c1-11(9-22-2)21-15(19)20-10-16(6-3-7-16)13-5-4-12(17)8-14(13)18/h4-5,8,11H,3,6-7,9-10H2,1-2H3,(H3,19,20,21). The van der Waals surface area contributed by atoms with Crippen molar-refractivity contribution < 1.29 is 4.74 Å². The van der Waals surface area contributed by atoms with Gasteiger partial charge in [0, 0.05) is 28.6 Å². The molecule has 0 aromatic heterocycles. The van der Waals surface area contributed by atoms with Crippen LogP contribution in [0.15, 0.2) is 23.2 Å². The molecule has 1 aromatic rings. The molecule has 1 aromatic carbocycles. The summed E-state index contributed by atoms with van der Waals surface area (Å²) in [6.07, 6.45) is 3.32. The number of nitrogens with zero attached hydrogens (tertiary/aromatic N) is 1. The monoisotopic (exact) mass is 343 g/mol. The molecule has 0 heterocycles. The maximum atomic E-state index is 6.37. The molecule has 122 valence electrons. The fourth-order valence-electron chi connectivity index (χ4n) is 2.86. The van der Waals surface area contributed by atoms with Crippen molar-refractivity contribution in [2.45, 2.75) is 37.6 Å². The molecule has 0 saturated heterocycles. The van der Waals surface area contributed by atoms with Crippen molar-refractivity contribution in [3.05, 3.63) is 33.8 Å². The van der Waals surface area contributed by atoms with Crippen LogP contribution in [0.3, 0.4) is 0 Å². The van der Waals surface area contributed by atoms with Gasteiger partial charge in [-0.2, -0.15) is 0 Å². The van der Waals surface area contributed by atoms with Crippen LogP contribution in [-0.4, -0.2) is 32.3 Å². The molecule has 1 aliphatic rings. The van der Waals surface area contributed by atoms with E-state index in [1.807, 2.05) is 19.1 Å². The van der Waals surface area contributed by atoms with E-state index < -0.39 is 0 Å². The van der Waals surface area contributed by atoms with Crippen molar-refractivity contribution in [1.82, 2.24) is 5.32 Å². The highest BCUT2D eigenvalue weighted by atomic mass is 35.5. The number of nitrogens with two attached hydrogens (primary N) is 1. The number of aliphatic imine (C=N–C) groups is 1. The molecular formula is C16H23Cl2N3O. The highest BCUT2D eigenvalue weighted by Gasteiger charge is 2.40. The number of guanidine groups is 1. The topological polar surface area (TPSA) is 59.6 Å². The van der Waals surface area contributed by atoms with E-state index in [9.17, 15) is 0 Å². The molecule has 6 heteroatoms. The summed E-state index contributed by atoms with van der Waals surface area (Å²) in [6.45, 7) is 3.22. The van der Waals surface area contributed by atoms with Crippen molar-refractivity contribution in [2.75, 3.05) is 20.3 Å². The van der Waals surface area contributed by atoms with Crippen LogP contribution in [0.5, 0.6) is 0 Å². The van der Waals surface area contributed by atoms with E-state index in [0.717, 1.165) is 18.4 Å². The summed E-state index contributed by atoms with van der Waals surface area (Å²) in [5.74, 6) is 0.445. The average Bonchev–Trinajstić information content (AvgIpc) is 2.39. The minimum absolute atomic E-state index is 0.0154. The van der Waals surface area contributed by atoms with Gasteiger partial charge in [-0.15, -0.1) is 0 Å². The van der Waals surface area contributed by atoms with E-state index in [1.165, 1.54) is 6.42 Å². The molecule has 1 atom stereocenters. The van der Waals surface area contributed by atoms with Crippen LogP contribution in [0.25, 0.3) is 0 Å². The third-order valence-electron chi connectivity index (χ3n) is 4.18. The predicted octanol–water partition coefficient (Wildman–Crippen LogP) is 3.35. The van der Waals surface area contributed by atoms with E-state index in [0.29, 0.717) is 29.2 Å². The third-order valence-corrected chi connectivity index (χ3v) is 4.72. The zero-order chi connectivity index (χ0) is 16.2. The molecule has 1 saturated carbocycles. The van der Waals surface area contributed by atoms with Gasteiger partial charge in [0.15, 0.2) is 5.96 Å². The van der Waals surface area contributed by atoms with Gasteiger partial charge >= 0.3 is 0 Å². The molecule has 1 aliphatic carbocycles. The van der Waals surface area contributed by atoms with Crippen LogP contribution in [0.2, 0.25) is 10.0 Å². The lowest BCUT2D eigenvalue weighted by molar-refractivity contribution is 0.179. The summed E-state index contributed by atoms with van der Waals surface area (Å²) in [5.41, 5.74) is 7.06. The molecule has 4 nitrogen and oxygen atoms in total. The zero-order valence-electron chi connectivity index (χ0n) is 13.0. The maximum Gasteiger partial charge on any atom is 0.188 e. The van der Waals surface area contributed by atoms with Gasteiger partial charge in [-0.1, -0.05) is 35.7 Å². The molecule has 0 bridgehead atoms. The first-order valence-corrected chi connectivity index (χ1v) is 8.23. The molecule has 22 heavy (non-hydrogen) atoms. The number of hydrogen-bond donors (Lipinski definition) is 2. The summed E-state index contributed by atoms with van der Waals surface area (Å²) >= 11 is 12.4. The second kappa shape index (κ2) is 7.53. The molecule has 2 rings (SSSR count). The van der Waals surface area contributed by atoms with E-state index >= 15 is 0 Å². The van der Waals surface area contributed by atoms with Gasteiger partial charge in [-0.25, -0.2) is 0 Å². The van der Waals surface area contributed by atoms with Crippen LogP contribution >= 0.6 is 23.2 Å². The molecular weight excluding hydrogens is 321 g/mol. The number of hydrogen-bond acceptors (Lipinski definition) is 2. The maximum absolute atomic E-state index is 6.37. The molecule has 1 unspecified atom stereocenters. The van der Waals surface area contributed by atoms with E-state index in [1.54, 1.807) is 13.2 Å². The number of benzene rings is 1. The summed E-state index contributed by atoms with van der Waals surface area (Å²) in [5, 5.41) is 4.49. The molecule has 0 radical (unpaired) electrons. The highest BCUT2D eigenvalue weighted by molar-refractivity contribution is 6.35. The Kier molecular flexibility index (Phi) is 5.95. The van der Waals surface area contributed by atoms with Gasteiger partial charge in [0.2, 0.25) is 0 Å². The van der Waals surface area contributed by atoms with Crippen molar-refractivity contribution >= 4 is 29.2 Å². The Hall–Kier alpha value is -0.970. The van der Waals surface area contributed by atoms with Crippen LogP contribution in [0, 0.1) is 0 Å². The van der Waals surface area contributed by atoms with Crippen molar-refractivity contribution in [2.24, 2.45) is 10.7 Å². The fraction of sp³-hybridized carbons (Fsp3) is 0.562. The van der Waals surface area contributed by atoms with E-state index in [2.05, 4.69) is 10.3 Å². The second-order valence-corrected chi connectivity index (χ2v) is 6.80. The Morgan fingerprint density at radius 1 is 1.45 bits per heavy atom. The van der Waals surface area contributed by atoms with Crippen molar-refractivity contribution in [3.63, 3.8) is 0 Å². The molecule has 0 amide bonds. The van der Waals surface area contributed by atoms with Crippen molar-refractivity contribution in [3.8, 4) is 0 Å². The average molecular weight is 344 g/mol. The Morgan fingerprint density at radius 3 is 2.73 bits per heavy atom. The number of rotatable bonds is 6.